The van der Waals surface area contributed by atoms with Gasteiger partial charge in [-0.25, -0.2) is 0 Å². The fourth-order valence-electron chi connectivity index (χ4n) is 3.05. The van der Waals surface area contributed by atoms with Gasteiger partial charge in [0, 0.05) is 12.8 Å². The van der Waals surface area contributed by atoms with Crippen molar-refractivity contribution < 1.29 is 19.1 Å². The normalized spacial score (nSPS) is 10.6. The van der Waals surface area contributed by atoms with Crippen LogP contribution in [0.3, 0.4) is 0 Å². The molecule has 0 amide bonds. The first-order valence-electron chi connectivity index (χ1n) is 11.1. The average molecular weight is 391 g/mol. The Morgan fingerprint density at radius 2 is 1.32 bits per heavy atom. The van der Waals surface area contributed by atoms with Crippen LogP contribution in [0.5, 0.6) is 5.75 Å². The fraction of sp³-hybridized carbons (Fsp3) is 0.667. The quantitative estimate of drug-likeness (QED) is 0.183. The van der Waals surface area contributed by atoms with E-state index in [9.17, 15) is 9.59 Å². The predicted octanol–water partition coefficient (Wildman–Crippen LogP) is 6.53. The Morgan fingerprint density at radius 1 is 0.750 bits per heavy atom. The standard InChI is InChI=1S/C24H38O4/c1-3-4-5-10-15-20-27-23(25)18-11-8-6-7-9-12-19-24(26)28-22-17-14-13-16-21(22)2/h13-14,16-17H,3-12,15,18-20H2,1-2H3. The van der Waals surface area contributed by atoms with Crippen LogP contribution in [0.2, 0.25) is 0 Å². The summed E-state index contributed by atoms with van der Waals surface area (Å²) in [6, 6.07) is 7.57. The summed E-state index contributed by atoms with van der Waals surface area (Å²) in [5.41, 5.74) is 0.978. The van der Waals surface area contributed by atoms with Gasteiger partial charge in [0.25, 0.3) is 0 Å². The Kier molecular flexibility index (Phi) is 14.0. The highest BCUT2D eigenvalue weighted by Gasteiger charge is 2.06. The van der Waals surface area contributed by atoms with Crippen LogP contribution >= 0.6 is 0 Å². The lowest BCUT2D eigenvalue weighted by Crippen LogP contribution is -2.08. The summed E-state index contributed by atoms with van der Waals surface area (Å²) in [7, 11) is 0. The number of rotatable bonds is 16. The van der Waals surface area contributed by atoms with E-state index in [1.807, 2.05) is 31.2 Å². The molecule has 0 fully saturated rings. The van der Waals surface area contributed by atoms with Crippen molar-refractivity contribution in [1.82, 2.24) is 0 Å². The first-order valence-corrected chi connectivity index (χ1v) is 11.1. The van der Waals surface area contributed by atoms with Gasteiger partial charge < -0.3 is 9.47 Å². The highest BCUT2D eigenvalue weighted by Crippen LogP contribution is 2.17. The third-order valence-corrected chi connectivity index (χ3v) is 4.84. The second-order valence-electron chi connectivity index (χ2n) is 7.50. The number of hydrogen-bond donors (Lipinski definition) is 0. The molecule has 0 atom stereocenters. The molecule has 1 rings (SSSR count). The number of para-hydroxylation sites is 1. The Labute approximate surface area is 171 Å². The van der Waals surface area contributed by atoms with Gasteiger partial charge in [0.1, 0.15) is 5.75 Å². The number of unbranched alkanes of at least 4 members (excludes halogenated alkanes) is 9. The van der Waals surface area contributed by atoms with Crippen LogP contribution in [-0.4, -0.2) is 18.5 Å². The minimum Gasteiger partial charge on any atom is -0.466 e. The van der Waals surface area contributed by atoms with Crippen molar-refractivity contribution in [3.8, 4) is 5.75 Å². The van der Waals surface area contributed by atoms with E-state index in [4.69, 9.17) is 9.47 Å². The molecular formula is C24H38O4. The molecule has 4 nitrogen and oxygen atoms in total. The SMILES string of the molecule is CCCCCCCOC(=O)CCCCCCCCC(=O)Oc1ccccc1C. The third-order valence-electron chi connectivity index (χ3n) is 4.84. The Hall–Kier alpha value is -1.84. The summed E-state index contributed by atoms with van der Waals surface area (Å²) in [5, 5.41) is 0. The number of aryl methyl sites for hydroxylation is 1. The van der Waals surface area contributed by atoms with Crippen molar-refractivity contribution >= 4 is 11.9 Å². The number of hydrogen-bond acceptors (Lipinski definition) is 4. The fourth-order valence-corrected chi connectivity index (χ4v) is 3.05. The van der Waals surface area contributed by atoms with Gasteiger partial charge in [-0.1, -0.05) is 76.5 Å². The van der Waals surface area contributed by atoms with E-state index in [0.29, 0.717) is 25.2 Å². The molecule has 0 aromatic heterocycles. The molecule has 0 heterocycles. The lowest BCUT2D eigenvalue weighted by Gasteiger charge is -2.07. The van der Waals surface area contributed by atoms with Crippen LogP contribution in [0.4, 0.5) is 0 Å². The molecule has 0 saturated heterocycles. The predicted molar refractivity (Wildman–Crippen MR) is 113 cm³/mol. The van der Waals surface area contributed by atoms with Crippen molar-refractivity contribution in [2.45, 2.75) is 97.3 Å². The monoisotopic (exact) mass is 390 g/mol. The summed E-state index contributed by atoms with van der Waals surface area (Å²) < 4.78 is 10.6. The first kappa shape index (κ1) is 24.2. The molecule has 158 valence electrons. The van der Waals surface area contributed by atoms with Gasteiger partial charge in [0.05, 0.1) is 6.61 Å². The Balaban J connectivity index is 1.90. The summed E-state index contributed by atoms with van der Waals surface area (Å²) >= 11 is 0. The number of carbonyl (C=O) groups is 2. The molecule has 0 aliphatic heterocycles. The first-order chi connectivity index (χ1) is 13.6. The van der Waals surface area contributed by atoms with Crippen molar-refractivity contribution in [3.63, 3.8) is 0 Å². The zero-order valence-electron chi connectivity index (χ0n) is 17.8. The van der Waals surface area contributed by atoms with Gasteiger partial charge in [0.2, 0.25) is 0 Å². The van der Waals surface area contributed by atoms with E-state index < -0.39 is 0 Å². The molecule has 1 aromatic rings. The summed E-state index contributed by atoms with van der Waals surface area (Å²) in [4.78, 5) is 23.5. The molecular weight excluding hydrogens is 352 g/mol. The molecule has 0 unspecified atom stereocenters. The zero-order chi connectivity index (χ0) is 20.5. The Morgan fingerprint density at radius 3 is 2.00 bits per heavy atom. The number of esters is 2. The number of carbonyl (C=O) groups excluding carboxylic acids is 2. The topological polar surface area (TPSA) is 52.6 Å². The van der Waals surface area contributed by atoms with E-state index in [0.717, 1.165) is 56.9 Å². The second kappa shape index (κ2) is 16.1. The smallest absolute Gasteiger partial charge is 0.311 e. The lowest BCUT2D eigenvalue weighted by molar-refractivity contribution is -0.144. The van der Waals surface area contributed by atoms with E-state index in [1.165, 1.54) is 19.3 Å². The zero-order valence-corrected chi connectivity index (χ0v) is 17.8. The van der Waals surface area contributed by atoms with Gasteiger partial charge in [0.15, 0.2) is 0 Å². The van der Waals surface area contributed by atoms with Crippen LogP contribution in [0.25, 0.3) is 0 Å². The van der Waals surface area contributed by atoms with Crippen molar-refractivity contribution in [2.75, 3.05) is 6.61 Å². The second-order valence-corrected chi connectivity index (χ2v) is 7.50. The van der Waals surface area contributed by atoms with Crippen molar-refractivity contribution in [3.05, 3.63) is 29.8 Å². The molecule has 0 aliphatic rings. The molecule has 0 bridgehead atoms. The molecule has 0 radical (unpaired) electrons. The minimum atomic E-state index is -0.160. The van der Waals surface area contributed by atoms with Gasteiger partial charge in [-0.15, -0.1) is 0 Å². The molecule has 28 heavy (non-hydrogen) atoms. The maximum Gasteiger partial charge on any atom is 0.311 e. The lowest BCUT2D eigenvalue weighted by atomic mass is 10.1. The van der Waals surface area contributed by atoms with Crippen LogP contribution in [0.15, 0.2) is 24.3 Å². The maximum atomic E-state index is 11.9. The van der Waals surface area contributed by atoms with E-state index in [1.54, 1.807) is 0 Å². The summed E-state index contributed by atoms with van der Waals surface area (Å²) in [6.45, 7) is 4.70. The van der Waals surface area contributed by atoms with E-state index in [2.05, 4.69) is 6.92 Å². The van der Waals surface area contributed by atoms with Crippen LogP contribution in [0, 0.1) is 6.92 Å². The maximum absolute atomic E-state index is 11.9. The third kappa shape index (κ3) is 12.5. The van der Waals surface area contributed by atoms with Gasteiger partial charge >= 0.3 is 11.9 Å². The minimum absolute atomic E-state index is 0.0607. The van der Waals surface area contributed by atoms with Crippen molar-refractivity contribution in [1.29, 1.82) is 0 Å². The van der Waals surface area contributed by atoms with Crippen molar-refractivity contribution in [2.24, 2.45) is 0 Å². The highest BCUT2D eigenvalue weighted by atomic mass is 16.5. The number of benzene rings is 1. The number of ether oxygens (including phenoxy) is 2. The van der Waals surface area contributed by atoms with Gasteiger partial charge in [-0.3, -0.25) is 9.59 Å². The van der Waals surface area contributed by atoms with E-state index in [-0.39, 0.29) is 11.9 Å². The highest BCUT2D eigenvalue weighted by molar-refractivity contribution is 5.72. The molecule has 0 aliphatic carbocycles. The van der Waals surface area contributed by atoms with Crippen LogP contribution in [-0.2, 0) is 14.3 Å². The van der Waals surface area contributed by atoms with Gasteiger partial charge in [-0.05, 0) is 37.8 Å². The largest absolute Gasteiger partial charge is 0.466 e. The summed E-state index contributed by atoms with van der Waals surface area (Å²) in [5.74, 6) is 0.432. The molecule has 1 aromatic carbocycles. The average Bonchev–Trinajstić information content (AvgIpc) is 2.68. The molecule has 0 spiro atoms. The molecule has 4 heteroatoms. The van der Waals surface area contributed by atoms with Crippen LogP contribution in [0.1, 0.15) is 96.0 Å². The molecule has 0 saturated carbocycles. The van der Waals surface area contributed by atoms with E-state index >= 15 is 0 Å². The van der Waals surface area contributed by atoms with Gasteiger partial charge in [-0.2, -0.15) is 0 Å². The van der Waals surface area contributed by atoms with Crippen LogP contribution < -0.4 is 4.74 Å². The summed E-state index contributed by atoms with van der Waals surface area (Å²) in [6.07, 6.45) is 12.8. The molecule has 0 N–H and O–H groups in total. The Bertz CT molecular complexity index is 553.